The van der Waals surface area contributed by atoms with E-state index in [4.69, 9.17) is 21.1 Å². The molecule has 0 aliphatic heterocycles. The van der Waals surface area contributed by atoms with Gasteiger partial charge in [0.15, 0.2) is 0 Å². The smallest absolute Gasteiger partial charge is 0.245 e. The fourth-order valence-corrected chi connectivity index (χ4v) is 3.43. The number of halogens is 1. The van der Waals surface area contributed by atoms with Crippen LogP contribution in [0.1, 0.15) is 6.92 Å². The molecule has 0 saturated heterocycles. The fourth-order valence-electron chi connectivity index (χ4n) is 2.41. The SMILES string of the molecule is CCOc1ccccc1NC(=O)CN(c1cc(Cl)ccc1OC)S(C)(=O)=O. The Hall–Kier alpha value is -2.45. The summed E-state index contributed by atoms with van der Waals surface area (Å²) in [5.74, 6) is 0.251. The van der Waals surface area contributed by atoms with Crippen LogP contribution in [0.4, 0.5) is 11.4 Å². The first-order valence-electron chi connectivity index (χ1n) is 8.09. The summed E-state index contributed by atoms with van der Waals surface area (Å²) in [4.78, 5) is 12.5. The summed E-state index contributed by atoms with van der Waals surface area (Å²) in [6, 6.07) is 11.5. The molecule has 0 bridgehead atoms. The second-order valence-electron chi connectivity index (χ2n) is 5.56. The van der Waals surface area contributed by atoms with Crippen LogP contribution in [0.2, 0.25) is 5.02 Å². The third-order valence-corrected chi connectivity index (χ3v) is 4.92. The number of amides is 1. The van der Waals surface area contributed by atoms with E-state index in [9.17, 15) is 13.2 Å². The van der Waals surface area contributed by atoms with E-state index >= 15 is 0 Å². The first-order chi connectivity index (χ1) is 12.8. The van der Waals surface area contributed by atoms with Crippen molar-refractivity contribution in [1.82, 2.24) is 0 Å². The number of methoxy groups -OCH3 is 1. The number of rotatable bonds is 8. The molecule has 146 valence electrons. The highest BCUT2D eigenvalue weighted by Gasteiger charge is 2.24. The predicted molar refractivity (Wildman–Crippen MR) is 106 cm³/mol. The van der Waals surface area contributed by atoms with Crippen LogP contribution in [0.3, 0.4) is 0 Å². The molecule has 0 aliphatic rings. The van der Waals surface area contributed by atoms with Crippen LogP contribution >= 0.6 is 11.6 Å². The molecule has 2 aromatic carbocycles. The highest BCUT2D eigenvalue weighted by atomic mass is 35.5. The number of benzene rings is 2. The van der Waals surface area contributed by atoms with Crippen LogP contribution in [0, 0.1) is 0 Å². The minimum absolute atomic E-state index is 0.181. The van der Waals surface area contributed by atoms with Crippen molar-refractivity contribution in [2.45, 2.75) is 6.92 Å². The summed E-state index contributed by atoms with van der Waals surface area (Å²) >= 11 is 6.00. The summed E-state index contributed by atoms with van der Waals surface area (Å²) in [7, 11) is -2.36. The molecule has 0 aromatic heterocycles. The molecule has 0 fully saturated rings. The van der Waals surface area contributed by atoms with E-state index in [2.05, 4.69) is 5.32 Å². The average Bonchev–Trinajstić information content (AvgIpc) is 2.60. The molecule has 0 radical (unpaired) electrons. The Kier molecular flexibility index (Phi) is 6.92. The predicted octanol–water partition coefficient (Wildman–Crippen LogP) is 3.15. The second kappa shape index (κ2) is 8.96. The summed E-state index contributed by atoms with van der Waals surface area (Å²) in [6.07, 6.45) is 1.01. The Bertz CT molecular complexity index is 918. The molecule has 0 saturated carbocycles. The molecule has 1 amide bonds. The van der Waals surface area contributed by atoms with Crippen molar-refractivity contribution in [2.75, 3.05) is 36.1 Å². The number of nitrogens with zero attached hydrogens (tertiary/aromatic N) is 1. The Morgan fingerprint density at radius 1 is 1.19 bits per heavy atom. The number of sulfonamides is 1. The Labute approximate surface area is 163 Å². The van der Waals surface area contributed by atoms with Gasteiger partial charge in [-0.3, -0.25) is 9.10 Å². The fraction of sp³-hybridized carbons (Fsp3) is 0.278. The maximum atomic E-state index is 12.5. The van der Waals surface area contributed by atoms with E-state index in [1.807, 2.05) is 6.92 Å². The van der Waals surface area contributed by atoms with Crippen LogP contribution in [-0.2, 0) is 14.8 Å². The van der Waals surface area contributed by atoms with Gasteiger partial charge in [0.1, 0.15) is 18.0 Å². The van der Waals surface area contributed by atoms with Gasteiger partial charge in [0.05, 0.1) is 31.3 Å². The van der Waals surface area contributed by atoms with Crippen molar-refractivity contribution in [2.24, 2.45) is 0 Å². The van der Waals surface area contributed by atoms with Crippen molar-refractivity contribution < 1.29 is 22.7 Å². The monoisotopic (exact) mass is 412 g/mol. The maximum Gasteiger partial charge on any atom is 0.245 e. The third-order valence-electron chi connectivity index (χ3n) is 3.56. The molecule has 7 nitrogen and oxygen atoms in total. The van der Waals surface area contributed by atoms with Gasteiger partial charge in [-0.2, -0.15) is 0 Å². The van der Waals surface area contributed by atoms with Gasteiger partial charge in [0, 0.05) is 5.02 Å². The van der Waals surface area contributed by atoms with Gasteiger partial charge < -0.3 is 14.8 Å². The molecule has 27 heavy (non-hydrogen) atoms. The lowest BCUT2D eigenvalue weighted by Crippen LogP contribution is -2.37. The lowest BCUT2D eigenvalue weighted by molar-refractivity contribution is -0.114. The third kappa shape index (κ3) is 5.51. The number of carbonyl (C=O) groups is 1. The van der Waals surface area contributed by atoms with E-state index in [0.717, 1.165) is 10.6 Å². The Balaban J connectivity index is 2.31. The molecular weight excluding hydrogens is 392 g/mol. The van der Waals surface area contributed by atoms with E-state index in [1.165, 1.54) is 19.2 Å². The minimum atomic E-state index is -3.77. The minimum Gasteiger partial charge on any atom is -0.495 e. The number of ether oxygens (including phenoxy) is 2. The van der Waals surface area contributed by atoms with Gasteiger partial charge in [-0.05, 0) is 37.3 Å². The number of anilines is 2. The lowest BCUT2D eigenvalue weighted by Gasteiger charge is -2.24. The van der Waals surface area contributed by atoms with Gasteiger partial charge in [-0.15, -0.1) is 0 Å². The first kappa shape index (κ1) is 20.9. The summed E-state index contributed by atoms with van der Waals surface area (Å²) in [5, 5.41) is 3.00. The van der Waals surface area contributed by atoms with Gasteiger partial charge in [0.25, 0.3) is 0 Å². The zero-order valence-corrected chi connectivity index (χ0v) is 16.8. The molecule has 2 rings (SSSR count). The summed E-state index contributed by atoms with van der Waals surface area (Å²) < 4.78 is 36.2. The van der Waals surface area contributed by atoms with Gasteiger partial charge >= 0.3 is 0 Å². The summed E-state index contributed by atoms with van der Waals surface area (Å²) in [6.45, 7) is 1.81. The molecule has 9 heteroatoms. The van der Waals surface area contributed by atoms with Gasteiger partial charge in [-0.1, -0.05) is 23.7 Å². The molecule has 0 unspecified atom stereocenters. The molecule has 0 aliphatic carbocycles. The zero-order valence-electron chi connectivity index (χ0n) is 15.2. The van der Waals surface area contributed by atoms with Gasteiger partial charge in [0.2, 0.25) is 15.9 Å². The van der Waals surface area contributed by atoms with Crippen molar-refractivity contribution in [1.29, 1.82) is 0 Å². The highest BCUT2D eigenvalue weighted by Crippen LogP contribution is 2.33. The topological polar surface area (TPSA) is 84.9 Å². The van der Waals surface area contributed by atoms with Crippen LogP contribution < -0.4 is 19.1 Å². The van der Waals surface area contributed by atoms with E-state index in [0.29, 0.717) is 23.1 Å². The molecular formula is C18H21ClN2O5S. The van der Waals surface area contributed by atoms with Crippen molar-refractivity contribution >= 4 is 38.9 Å². The number of nitrogens with one attached hydrogen (secondary N) is 1. The largest absolute Gasteiger partial charge is 0.495 e. The first-order valence-corrected chi connectivity index (χ1v) is 10.3. The number of hydrogen-bond acceptors (Lipinski definition) is 5. The normalized spacial score (nSPS) is 11.0. The van der Waals surface area contributed by atoms with Crippen LogP contribution in [0.15, 0.2) is 42.5 Å². The van der Waals surface area contributed by atoms with Crippen LogP contribution in [0.25, 0.3) is 0 Å². The maximum absolute atomic E-state index is 12.5. The number of para-hydroxylation sites is 2. The van der Waals surface area contributed by atoms with Gasteiger partial charge in [-0.25, -0.2) is 8.42 Å². The van der Waals surface area contributed by atoms with Crippen molar-refractivity contribution in [3.8, 4) is 11.5 Å². The van der Waals surface area contributed by atoms with Crippen molar-refractivity contribution in [3.05, 3.63) is 47.5 Å². The second-order valence-corrected chi connectivity index (χ2v) is 7.91. The van der Waals surface area contributed by atoms with E-state index < -0.39 is 22.5 Å². The molecule has 1 N–H and O–H groups in total. The Morgan fingerprint density at radius 3 is 2.52 bits per heavy atom. The van der Waals surface area contributed by atoms with E-state index in [-0.39, 0.29) is 11.4 Å². The molecule has 0 spiro atoms. The molecule has 0 atom stereocenters. The average molecular weight is 413 g/mol. The van der Waals surface area contributed by atoms with E-state index in [1.54, 1.807) is 30.3 Å². The molecule has 2 aromatic rings. The van der Waals surface area contributed by atoms with Crippen LogP contribution in [0.5, 0.6) is 11.5 Å². The summed E-state index contributed by atoms with van der Waals surface area (Å²) in [5.41, 5.74) is 0.636. The zero-order chi connectivity index (χ0) is 20.0. The quantitative estimate of drug-likeness (QED) is 0.719. The standard InChI is InChI=1S/C18H21ClN2O5S/c1-4-26-16-8-6-5-7-14(16)20-18(22)12-21(27(3,23)24)15-11-13(19)9-10-17(15)25-2/h5-11H,4,12H2,1-3H3,(H,20,22). The highest BCUT2D eigenvalue weighted by molar-refractivity contribution is 7.92. The Morgan fingerprint density at radius 2 is 1.89 bits per heavy atom. The lowest BCUT2D eigenvalue weighted by atomic mass is 10.2. The van der Waals surface area contributed by atoms with Crippen molar-refractivity contribution in [3.63, 3.8) is 0 Å². The molecule has 0 heterocycles. The van der Waals surface area contributed by atoms with Crippen LogP contribution in [-0.4, -0.2) is 40.8 Å². The number of carbonyl (C=O) groups excluding carboxylic acids is 1. The number of hydrogen-bond donors (Lipinski definition) is 1.